The molecule has 1 aliphatic heterocycles. The van der Waals surface area contributed by atoms with E-state index in [1.165, 1.54) is 55.5 Å². The van der Waals surface area contributed by atoms with E-state index in [0.29, 0.717) is 51.9 Å². The monoisotopic (exact) mass is 1140 g/mol. The molecule has 80 heavy (non-hydrogen) atoms. The zero-order valence-electron chi connectivity index (χ0n) is 43.8. The number of hydrogen-bond donors (Lipinski definition) is 15. The number of unbranched alkanes of at least 4 members (excludes halogenated alkanes) is 1. The summed E-state index contributed by atoms with van der Waals surface area (Å²) in [5.74, 6) is -7.62. The van der Waals surface area contributed by atoms with Crippen LogP contribution in [0.1, 0.15) is 58.8 Å². The highest BCUT2D eigenvalue weighted by Crippen LogP contribution is 2.17. The Morgan fingerprint density at radius 1 is 0.700 bits per heavy atom. The minimum atomic E-state index is -1.79. The van der Waals surface area contributed by atoms with Crippen LogP contribution >= 0.6 is 23.4 Å². The van der Waals surface area contributed by atoms with Crippen LogP contribution in [0.4, 0.5) is 4.79 Å². The van der Waals surface area contributed by atoms with Gasteiger partial charge in [0, 0.05) is 41.9 Å². The van der Waals surface area contributed by atoms with Crippen molar-refractivity contribution in [1.82, 2.24) is 42.5 Å². The summed E-state index contributed by atoms with van der Waals surface area (Å²) in [6, 6.07) is 13.4. The van der Waals surface area contributed by atoms with Crippen LogP contribution in [0.25, 0.3) is 0 Å². The molecule has 1 unspecified atom stereocenters. The van der Waals surface area contributed by atoms with Crippen molar-refractivity contribution in [2.75, 3.05) is 25.4 Å². The van der Waals surface area contributed by atoms with E-state index in [1.54, 1.807) is 48.5 Å². The molecule has 19 N–H and O–H groups in total. The third-order valence-electron chi connectivity index (χ3n) is 12.9. The summed E-state index contributed by atoms with van der Waals surface area (Å²) in [5, 5.41) is 51.9. The number of aromatic hydroxyl groups is 2. The number of hydrogen-bond acceptors (Lipinski definition) is 16. The number of carbonyl (C=O) groups is 9. The quantitative estimate of drug-likeness (QED) is 0.0489. The molecule has 1 aliphatic rings. The number of rotatable bonds is 19. The molecule has 1 heterocycles. The zero-order valence-corrected chi connectivity index (χ0v) is 45.4. The molecule has 0 aliphatic carbocycles. The fourth-order valence-electron chi connectivity index (χ4n) is 8.33. The number of phenols is 2. The number of primary amides is 2. The lowest BCUT2D eigenvalue weighted by molar-refractivity contribution is -0.136. The molecule has 0 saturated carbocycles. The predicted molar refractivity (Wildman–Crippen MR) is 298 cm³/mol. The second-order valence-electron chi connectivity index (χ2n) is 19.2. The summed E-state index contributed by atoms with van der Waals surface area (Å²) in [7, 11) is 0. The Balaban J connectivity index is 1.56. The van der Waals surface area contributed by atoms with Crippen molar-refractivity contribution in [3.63, 3.8) is 0 Å². The Kier molecular flexibility index (Phi) is 24.5. The normalized spacial score (nSPS) is 21.1. The van der Waals surface area contributed by atoms with E-state index in [4.69, 9.17) is 34.5 Å². The lowest BCUT2D eigenvalue weighted by atomic mass is 10.0. The molecule has 0 spiro atoms. The van der Waals surface area contributed by atoms with E-state index >= 15 is 0 Å². The first-order valence-electron chi connectivity index (χ1n) is 25.7. The van der Waals surface area contributed by atoms with Gasteiger partial charge in [-0.25, -0.2) is 0 Å². The number of nitrogens with two attached hydrogens (primary N) is 4. The summed E-state index contributed by atoms with van der Waals surface area (Å²) in [6.07, 6.45) is -1.05. The van der Waals surface area contributed by atoms with Gasteiger partial charge in [0.2, 0.25) is 47.3 Å². The Labute approximate surface area is 471 Å². The van der Waals surface area contributed by atoms with E-state index in [0.717, 1.165) is 0 Å². The highest BCUT2D eigenvalue weighted by atomic mass is 35.5. The number of amides is 9. The average molecular weight is 1150 g/mol. The number of benzene rings is 4. The second kappa shape index (κ2) is 31.1. The molecule has 9 atom stereocenters. The molecular weight excluding hydrogens is 1080 g/mol. The van der Waals surface area contributed by atoms with Gasteiger partial charge < -0.3 is 80.8 Å². The van der Waals surface area contributed by atoms with Gasteiger partial charge in [0.25, 0.3) is 5.24 Å². The highest BCUT2D eigenvalue weighted by molar-refractivity contribution is 8.13. The molecule has 5 rings (SSSR count). The van der Waals surface area contributed by atoms with E-state index in [-0.39, 0.29) is 62.3 Å². The molecule has 4 aromatic rings. The largest absolute Gasteiger partial charge is 0.508 e. The average Bonchev–Trinajstić information content (AvgIpc) is 3.43. The molecule has 1 fully saturated rings. The fourth-order valence-corrected chi connectivity index (χ4v) is 9.19. The SMILES string of the molecule is CC(O)[C@@H]1NC(=O)[C@H](CCCCN)NC(=O)[C@@H](Cc2ccc(C(N)=O)cc2)NC[C@H](Cc2ccc(O)cc2)NC(=O)[C@H](NC(=O)[C@@H](N)Cc2ccc(Cl)cc2)CSC(=O)NC[C@@H](C(=O)N[C@H](Cc2ccc(O)cc2)C(N)=O)NC1=O. The molecule has 1 saturated heterocycles. The maximum absolute atomic E-state index is 14.7. The molecule has 0 bridgehead atoms. The number of aliphatic hydroxyl groups excluding tert-OH is 1. The number of nitrogens with one attached hydrogen (secondary N) is 8. The van der Waals surface area contributed by atoms with Crippen LogP contribution in [-0.2, 0) is 59.2 Å². The lowest BCUT2D eigenvalue weighted by Gasteiger charge is -2.29. The van der Waals surface area contributed by atoms with Crippen LogP contribution in [0.2, 0.25) is 5.02 Å². The number of thioether (sulfide) groups is 1. The minimum Gasteiger partial charge on any atom is -0.508 e. The minimum absolute atomic E-state index is 0.0107. The second-order valence-corrected chi connectivity index (χ2v) is 20.7. The zero-order chi connectivity index (χ0) is 58.5. The Hall–Kier alpha value is -7.81. The van der Waals surface area contributed by atoms with Gasteiger partial charge in [0.1, 0.15) is 41.7 Å². The van der Waals surface area contributed by atoms with Gasteiger partial charge >= 0.3 is 0 Å². The number of halogens is 1. The molecule has 4 aromatic carbocycles. The molecule has 24 nitrogen and oxygen atoms in total. The van der Waals surface area contributed by atoms with Gasteiger partial charge in [-0.1, -0.05) is 71.9 Å². The van der Waals surface area contributed by atoms with Crippen molar-refractivity contribution < 1.29 is 58.5 Å². The van der Waals surface area contributed by atoms with Crippen molar-refractivity contribution in [2.24, 2.45) is 22.9 Å². The van der Waals surface area contributed by atoms with Gasteiger partial charge in [-0.15, -0.1) is 0 Å². The first kappa shape index (κ1) is 63.0. The topological polar surface area (TPSA) is 415 Å². The molecule has 26 heteroatoms. The van der Waals surface area contributed by atoms with Gasteiger partial charge in [-0.2, -0.15) is 0 Å². The van der Waals surface area contributed by atoms with E-state index in [2.05, 4.69) is 42.5 Å². The summed E-state index contributed by atoms with van der Waals surface area (Å²) in [5.41, 5.74) is 25.8. The lowest BCUT2D eigenvalue weighted by Crippen LogP contribution is -2.62. The smallest absolute Gasteiger partial charge is 0.279 e. The Morgan fingerprint density at radius 2 is 1.27 bits per heavy atom. The van der Waals surface area contributed by atoms with Crippen molar-refractivity contribution in [1.29, 1.82) is 0 Å². The van der Waals surface area contributed by atoms with Crippen LogP contribution in [-0.4, -0.2) is 148 Å². The summed E-state index contributed by atoms with van der Waals surface area (Å²) in [4.78, 5) is 124. The fraction of sp³-hybridized carbons (Fsp3) is 0.389. The first-order valence-corrected chi connectivity index (χ1v) is 27.0. The van der Waals surface area contributed by atoms with Gasteiger partial charge in [0.05, 0.1) is 18.2 Å². The van der Waals surface area contributed by atoms with Gasteiger partial charge in [-0.05, 0) is 123 Å². The molecule has 0 aromatic heterocycles. The van der Waals surface area contributed by atoms with Gasteiger partial charge in [-0.3, -0.25) is 43.2 Å². The molecule has 430 valence electrons. The molecule has 9 amide bonds. The summed E-state index contributed by atoms with van der Waals surface area (Å²) < 4.78 is 0. The maximum atomic E-state index is 14.7. The van der Waals surface area contributed by atoms with Crippen molar-refractivity contribution >= 4 is 75.9 Å². The number of carbonyl (C=O) groups excluding carboxylic acids is 9. The predicted octanol–water partition coefficient (Wildman–Crippen LogP) is -1.23. The highest BCUT2D eigenvalue weighted by Gasteiger charge is 2.35. The van der Waals surface area contributed by atoms with Crippen molar-refractivity contribution in [2.45, 2.75) is 106 Å². The first-order chi connectivity index (χ1) is 38.1. The molecule has 0 radical (unpaired) electrons. The van der Waals surface area contributed by atoms with Gasteiger partial charge in [0.15, 0.2) is 0 Å². The number of aliphatic hydroxyl groups is 1. The standard InChI is InChI=1S/C54H69ClN12O12S/c1-29(68)45-53(78)65-43(51(76)64-41(47(59)72)24-33-11-19-38(70)20-12-33)27-61-54(79)80-28-44(66-48(73)39(57)23-31-7-15-35(55)16-8-31)52(77)62-36(22-30-9-17-37(69)18-10-30)26-60-42(25-32-5-13-34(14-6-32)46(58)71)50(75)63-40(49(74)67-45)4-2-3-21-56/h5-20,29,36,39-45,60,68-70H,2-4,21-28,56-57H2,1H3,(H2,58,71)(H2,59,72)(H,61,79)(H,62,77)(H,63,75)(H,64,76)(H,65,78)(H,66,73)(H,67,74)/t29?,36-,39-,40-,41+,42+,43-,44+,45-/m0/s1. The van der Waals surface area contributed by atoms with E-state index < -0.39 is 119 Å². The summed E-state index contributed by atoms with van der Waals surface area (Å²) >= 11 is 6.58. The van der Waals surface area contributed by atoms with Crippen LogP contribution in [0.15, 0.2) is 97.1 Å². The Morgan fingerprint density at radius 3 is 1.88 bits per heavy atom. The third kappa shape index (κ3) is 20.4. The van der Waals surface area contributed by atoms with Crippen LogP contribution < -0.4 is 65.5 Å². The van der Waals surface area contributed by atoms with E-state index in [1.807, 2.05) is 0 Å². The van der Waals surface area contributed by atoms with E-state index in [9.17, 15) is 58.5 Å². The van der Waals surface area contributed by atoms with Crippen molar-refractivity contribution in [3.05, 3.63) is 130 Å². The van der Waals surface area contributed by atoms with Crippen LogP contribution in [0.5, 0.6) is 11.5 Å². The Bertz CT molecular complexity index is 2780. The van der Waals surface area contributed by atoms with Crippen LogP contribution in [0, 0.1) is 0 Å². The molecular formula is C54H69ClN12O12S. The van der Waals surface area contributed by atoms with Crippen molar-refractivity contribution in [3.8, 4) is 11.5 Å². The number of phenolic OH excluding ortho intramolecular Hbond substituents is 2. The van der Waals surface area contributed by atoms with Crippen LogP contribution in [0.3, 0.4) is 0 Å². The maximum Gasteiger partial charge on any atom is 0.279 e. The third-order valence-corrected chi connectivity index (χ3v) is 14.0. The summed E-state index contributed by atoms with van der Waals surface area (Å²) in [6.45, 7) is 0.576.